The largest absolute Gasteiger partial charge is 0.348 e. The van der Waals surface area contributed by atoms with Crippen LogP contribution in [0.25, 0.3) is 10.6 Å². The number of piperidine rings is 1. The maximum atomic E-state index is 11.8. The standard InChI is InChI=1S/C21H26N6O2S2/c1-15-7-10-22-20(13-15)25-19-6-4-5-17(24-19)18-14-23-21(30-18)27-11-8-16(9-12-27)26(2)31(3,28)29/h4-7,10,13-14,16H,8-9,11-12H2,1-3H3,(H,22,24,25). The summed E-state index contributed by atoms with van der Waals surface area (Å²) >= 11 is 1.60. The van der Waals surface area contributed by atoms with Gasteiger partial charge in [0.1, 0.15) is 11.6 Å². The Morgan fingerprint density at radius 1 is 1.16 bits per heavy atom. The number of aromatic nitrogens is 3. The van der Waals surface area contributed by atoms with Gasteiger partial charge >= 0.3 is 0 Å². The maximum Gasteiger partial charge on any atom is 0.211 e. The SMILES string of the molecule is Cc1ccnc(Nc2cccc(-c3cnc(N4CCC(N(C)S(C)(=O)=O)CC4)s3)n2)c1. The van der Waals surface area contributed by atoms with Crippen molar-refractivity contribution >= 4 is 38.1 Å². The van der Waals surface area contributed by atoms with Gasteiger partial charge in [0, 0.05) is 38.6 Å². The van der Waals surface area contributed by atoms with Crippen molar-refractivity contribution < 1.29 is 8.42 Å². The predicted octanol–water partition coefficient (Wildman–Crippen LogP) is 3.51. The molecule has 4 rings (SSSR count). The minimum atomic E-state index is -3.16. The Labute approximate surface area is 187 Å². The van der Waals surface area contributed by atoms with Crippen molar-refractivity contribution in [2.24, 2.45) is 0 Å². The van der Waals surface area contributed by atoms with Gasteiger partial charge in [0.25, 0.3) is 0 Å². The van der Waals surface area contributed by atoms with Gasteiger partial charge in [-0.1, -0.05) is 17.4 Å². The molecular formula is C21H26N6O2S2. The monoisotopic (exact) mass is 458 g/mol. The number of thiazole rings is 1. The van der Waals surface area contributed by atoms with Crippen molar-refractivity contribution in [1.82, 2.24) is 19.3 Å². The van der Waals surface area contributed by atoms with Crippen LogP contribution in [0.1, 0.15) is 18.4 Å². The van der Waals surface area contributed by atoms with E-state index in [9.17, 15) is 8.42 Å². The highest BCUT2D eigenvalue weighted by atomic mass is 32.2. The highest BCUT2D eigenvalue weighted by Crippen LogP contribution is 2.32. The van der Waals surface area contributed by atoms with E-state index in [0.29, 0.717) is 0 Å². The molecule has 0 saturated carbocycles. The molecule has 3 aromatic rings. The number of sulfonamides is 1. The first-order valence-electron chi connectivity index (χ1n) is 10.1. The zero-order valence-electron chi connectivity index (χ0n) is 17.8. The highest BCUT2D eigenvalue weighted by Gasteiger charge is 2.28. The lowest BCUT2D eigenvalue weighted by atomic mass is 10.1. The summed E-state index contributed by atoms with van der Waals surface area (Å²) in [6, 6.07) is 9.83. The summed E-state index contributed by atoms with van der Waals surface area (Å²) in [6.07, 6.45) is 6.47. The fraction of sp³-hybridized carbons (Fsp3) is 0.381. The molecule has 1 aliphatic heterocycles. The van der Waals surface area contributed by atoms with Gasteiger partial charge < -0.3 is 10.2 Å². The Balaban J connectivity index is 1.44. The normalized spacial score (nSPS) is 15.4. The van der Waals surface area contributed by atoms with E-state index in [0.717, 1.165) is 58.8 Å². The minimum absolute atomic E-state index is 0.0466. The molecule has 0 unspecified atom stereocenters. The predicted molar refractivity (Wildman–Crippen MR) is 125 cm³/mol. The molecule has 164 valence electrons. The van der Waals surface area contributed by atoms with E-state index in [1.807, 2.05) is 43.5 Å². The molecule has 0 aromatic carbocycles. The third-order valence-electron chi connectivity index (χ3n) is 5.44. The second-order valence-corrected chi connectivity index (χ2v) is 10.8. The Hall–Kier alpha value is -2.56. The fourth-order valence-corrected chi connectivity index (χ4v) is 5.29. The van der Waals surface area contributed by atoms with E-state index in [1.165, 1.54) is 10.6 Å². The molecule has 1 saturated heterocycles. The molecule has 0 spiro atoms. The van der Waals surface area contributed by atoms with Crippen molar-refractivity contribution in [3.8, 4) is 10.6 Å². The second kappa shape index (κ2) is 8.89. The van der Waals surface area contributed by atoms with Gasteiger partial charge in [0.05, 0.1) is 16.8 Å². The number of hydrogen-bond acceptors (Lipinski definition) is 8. The molecular weight excluding hydrogens is 432 g/mol. The van der Waals surface area contributed by atoms with Crippen LogP contribution in [-0.2, 0) is 10.0 Å². The number of nitrogens with zero attached hydrogens (tertiary/aromatic N) is 5. The van der Waals surface area contributed by atoms with Crippen LogP contribution in [0, 0.1) is 6.92 Å². The van der Waals surface area contributed by atoms with Crippen LogP contribution < -0.4 is 10.2 Å². The molecule has 3 aromatic heterocycles. The Morgan fingerprint density at radius 2 is 1.94 bits per heavy atom. The van der Waals surface area contributed by atoms with Crippen LogP contribution in [0.4, 0.5) is 16.8 Å². The third-order valence-corrected chi connectivity index (χ3v) is 7.86. The van der Waals surface area contributed by atoms with E-state index in [4.69, 9.17) is 4.98 Å². The molecule has 1 aliphatic rings. The van der Waals surface area contributed by atoms with Crippen molar-refractivity contribution in [3.05, 3.63) is 48.3 Å². The quantitative estimate of drug-likeness (QED) is 0.604. The third kappa shape index (κ3) is 5.20. The van der Waals surface area contributed by atoms with E-state index in [-0.39, 0.29) is 6.04 Å². The van der Waals surface area contributed by atoms with Crippen molar-refractivity contribution in [2.45, 2.75) is 25.8 Å². The molecule has 1 N–H and O–H groups in total. The second-order valence-electron chi connectivity index (χ2n) is 7.76. The number of nitrogens with one attached hydrogen (secondary N) is 1. The van der Waals surface area contributed by atoms with E-state index in [1.54, 1.807) is 24.6 Å². The lowest BCUT2D eigenvalue weighted by molar-refractivity contribution is 0.314. The topological polar surface area (TPSA) is 91.3 Å². The maximum absolute atomic E-state index is 11.8. The molecule has 0 bridgehead atoms. The molecule has 0 radical (unpaired) electrons. The van der Waals surface area contributed by atoms with Crippen LogP contribution in [0.3, 0.4) is 0 Å². The van der Waals surface area contributed by atoms with Gasteiger partial charge in [-0.05, 0) is 49.6 Å². The Kier molecular flexibility index (Phi) is 6.22. The van der Waals surface area contributed by atoms with Crippen LogP contribution >= 0.6 is 11.3 Å². The van der Waals surface area contributed by atoms with E-state index in [2.05, 4.69) is 20.2 Å². The summed E-state index contributed by atoms with van der Waals surface area (Å²) in [5.41, 5.74) is 1.99. The van der Waals surface area contributed by atoms with Gasteiger partial charge in [0.2, 0.25) is 10.0 Å². The summed E-state index contributed by atoms with van der Waals surface area (Å²) in [6.45, 7) is 3.59. The van der Waals surface area contributed by atoms with Gasteiger partial charge in [0.15, 0.2) is 5.13 Å². The first kappa shape index (κ1) is 21.7. The summed E-state index contributed by atoms with van der Waals surface area (Å²) in [7, 11) is -1.50. The van der Waals surface area contributed by atoms with Gasteiger partial charge in [-0.15, -0.1) is 0 Å². The molecule has 0 aliphatic carbocycles. The summed E-state index contributed by atoms with van der Waals surface area (Å²) in [5.74, 6) is 1.49. The Morgan fingerprint density at radius 3 is 2.65 bits per heavy atom. The molecule has 4 heterocycles. The average Bonchev–Trinajstić information content (AvgIpc) is 3.23. The smallest absolute Gasteiger partial charge is 0.211 e. The molecule has 8 nitrogen and oxygen atoms in total. The summed E-state index contributed by atoms with van der Waals surface area (Å²) < 4.78 is 25.1. The lowest BCUT2D eigenvalue weighted by Gasteiger charge is -2.35. The Bertz CT molecular complexity index is 1160. The van der Waals surface area contributed by atoms with Crippen LogP contribution in [0.2, 0.25) is 0 Å². The molecule has 0 atom stereocenters. The van der Waals surface area contributed by atoms with E-state index >= 15 is 0 Å². The number of rotatable bonds is 6. The number of pyridine rings is 2. The zero-order chi connectivity index (χ0) is 22.0. The number of aryl methyl sites for hydroxylation is 1. The lowest BCUT2D eigenvalue weighted by Crippen LogP contribution is -2.45. The minimum Gasteiger partial charge on any atom is -0.348 e. The molecule has 10 heteroatoms. The van der Waals surface area contributed by atoms with Crippen molar-refractivity contribution in [2.75, 3.05) is 36.6 Å². The summed E-state index contributed by atoms with van der Waals surface area (Å²) in [5, 5.41) is 4.19. The zero-order valence-corrected chi connectivity index (χ0v) is 19.4. The van der Waals surface area contributed by atoms with Crippen molar-refractivity contribution in [3.63, 3.8) is 0 Å². The van der Waals surface area contributed by atoms with Crippen LogP contribution in [0.5, 0.6) is 0 Å². The van der Waals surface area contributed by atoms with E-state index < -0.39 is 10.0 Å². The van der Waals surface area contributed by atoms with Gasteiger partial charge in [-0.25, -0.2) is 27.7 Å². The molecule has 0 amide bonds. The van der Waals surface area contributed by atoms with Gasteiger partial charge in [-0.3, -0.25) is 0 Å². The number of hydrogen-bond donors (Lipinski definition) is 1. The van der Waals surface area contributed by atoms with Gasteiger partial charge in [-0.2, -0.15) is 0 Å². The summed E-state index contributed by atoms with van der Waals surface area (Å²) in [4.78, 5) is 16.9. The fourth-order valence-electron chi connectivity index (χ4n) is 3.60. The van der Waals surface area contributed by atoms with Crippen LogP contribution in [-0.4, -0.2) is 60.1 Å². The number of anilines is 3. The van der Waals surface area contributed by atoms with Crippen molar-refractivity contribution in [1.29, 1.82) is 0 Å². The first-order valence-corrected chi connectivity index (χ1v) is 12.8. The first-order chi connectivity index (χ1) is 14.8. The van der Waals surface area contributed by atoms with Crippen LogP contribution in [0.15, 0.2) is 42.7 Å². The average molecular weight is 459 g/mol. The highest BCUT2D eigenvalue weighted by molar-refractivity contribution is 7.88. The molecule has 1 fully saturated rings. The molecule has 31 heavy (non-hydrogen) atoms.